The van der Waals surface area contributed by atoms with E-state index in [1.54, 1.807) is 11.9 Å². The fraction of sp³-hybridized carbons (Fsp3) is 0.111. The third kappa shape index (κ3) is 2.59. The van der Waals surface area contributed by atoms with Crippen LogP contribution in [0.1, 0.15) is 24.4 Å². The number of H-pyrrole nitrogens is 1. The van der Waals surface area contributed by atoms with Gasteiger partial charge >= 0.3 is 0 Å². The van der Waals surface area contributed by atoms with Crippen LogP contribution in [0.4, 0.5) is 0 Å². The Kier molecular flexibility index (Phi) is 3.61. The summed E-state index contributed by atoms with van der Waals surface area (Å²) < 4.78 is 1.02. The molecule has 0 saturated heterocycles. The molecule has 4 rings (SSSR count). The standard InChI is InChI=1S/C18H15BrN4O/c1-11(24)23-17(18-20-14-4-2-3-5-15(14)21-18)10-16(22-23)12-6-8-13(19)9-7-12/h2-10,17,22H,1H3,(H,20,21). The summed E-state index contributed by atoms with van der Waals surface area (Å²) in [5, 5.41) is 1.59. The largest absolute Gasteiger partial charge is 0.340 e. The first kappa shape index (κ1) is 15.0. The zero-order valence-electron chi connectivity index (χ0n) is 13.0. The van der Waals surface area contributed by atoms with Crippen LogP contribution < -0.4 is 5.43 Å². The first-order valence-electron chi connectivity index (χ1n) is 7.61. The predicted molar refractivity (Wildman–Crippen MR) is 96.6 cm³/mol. The van der Waals surface area contributed by atoms with Crippen molar-refractivity contribution in [1.29, 1.82) is 0 Å². The highest BCUT2D eigenvalue weighted by Crippen LogP contribution is 2.31. The van der Waals surface area contributed by atoms with Crippen molar-refractivity contribution in [3.05, 3.63) is 70.5 Å². The molecule has 24 heavy (non-hydrogen) atoms. The molecule has 0 radical (unpaired) electrons. The van der Waals surface area contributed by atoms with E-state index in [1.165, 1.54) is 0 Å². The Morgan fingerprint density at radius 2 is 1.92 bits per heavy atom. The number of carbonyl (C=O) groups excluding carboxylic acids is 1. The molecule has 2 N–H and O–H groups in total. The number of carbonyl (C=O) groups is 1. The number of hydrogen-bond acceptors (Lipinski definition) is 3. The lowest BCUT2D eigenvalue weighted by atomic mass is 10.1. The molecule has 0 fully saturated rings. The summed E-state index contributed by atoms with van der Waals surface area (Å²) in [6, 6.07) is 15.5. The Balaban J connectivity index is 1.75. The minimum Gasteiger partial charge on any atom is -0.340 e. The quantitative estimate of drug-likeness (QED) is 0.708. The summed E-state index contributed by atoms with van der Waals surface area (Å²) in [6.07, 6.45) is 2.02. The highest BCUT2D eigenvalue weighted by Gasteiger charge is 2.30. The molecular weight excluding hydrogens is 368 g/mol. The van der Waals surface area contributed by atoms with Crippen LogP contribution in [-0.4, -0.2) is 20.9 Å². The number of nitrogens with zero attached hydrogens (tertiary/aromatic N) is 2. The molecule has 5 nitrogen and oxygen atoms in total. The number of nitrogens with one attached hydrogen (secondary N) is 2. The van der Waals surface area contributed by atoms with Gasteiger partial charge in [0.2, 0.25) is 5.91 Å². The van der Waals surface area contributed by atoms with Crippen molar-refractivity contribution in [2.45, 2.75) is 13.0 Å². The summed E-state index contributed by atoms with van der Waals surface area (Å²) in [5.41, 5.74) is 6.95. The zero-order chi connectivity index (χ0) is 16.7. The van der Waals surface area contributed by atoms with E-state index in [9.17, 15) is 4.79 Å². The second-order valence-corrected chi connectivity index (χ2v) is 6.59. The SMILES string of the molecule is CC(=O)N1NC(c2ccc(Br)cc2)=CC1c1nc2ccccc2[nH]1. The number of halogens is 1. The Hall–Kier alpha value is -2.60. The van der Waals surface area contributed by atoms with Gasteiger partial charge in [-0.2, -0.15) is 0 Å². The monoisotopic (exact) mass is 382 g/mol. The van der Waals surface area contributed by atoms with Gasteiger partial charge in [0.1, 0.15) is 11.9 Å². The van der Waals surface area contributed by atoms with Crippen molar-refractivity contribution in [2.24, 2.45) is 0 Å². The maximum atomic E-state index is 12.1. The lowest BCUT2D eigenvalue weighted by molar-refractivity contribution is -0.132. The summed E-state index contributed by atoms with van der Waals surface area (Å²) >= 11 is 3.44. The lowest BCUT2D eigenvalue weighted by Crippen LogP contribution is -2.38. The van der Waals surface area contributed by atoms with Gasteiger partial charge in [-0.25, -0.2) is 9.99 Å². The van der Waals surface area contributed by atoms with Gasteiger partial charge in [-0.15, -0.1) is 0 Å². The number of rotatable bonds is 2. The molecule has 120 valence electrons. The van der Waals surface area contributed by atoms with E-state index in [4.69, 9.17) is 0 Å². The topological polar surface area (TPSA) is 61.0 Å². The normalized spacial score (nSPS) is 17.0. The molecule has 6 heteroatoms. The van der Waals surface area contributed by atoms with Gasteiger partial charge in [-0.05, 0) is 35.9 Å². The van der Waals surface area contributed by atoms with Crippen molar-refractivity contribution >= 4 is 38.6 Å². The molecule has 2 aromatic carbocycles. The maximum absolute atomic E-state index is 12.1. The highest BCUT2D eigenvalue weighted by atomic mass is 79.9. The molecule has 0 aliphatic carbocycles. The second-order valence-electron chi connectivity index (χ2n) is 5.67. The highest BCUT2D eigenvalue weighted by molar-refractivity contribution is 9.10. The van der Waals surface area contributed by atoms with Crippen molar-refractivity contribution in [1.82, 2.24) is 20.4 Å². The van der Waals surface area contributed by atoms with E-state index in [-0.39, 0.29) is 11.9 Å². The van der Waals surface area contributed by atoms with Crippen LogP contribution in [0.3, 0.4) is 0 Å². The molecule has 3 aromatic rings. The molecule has 0 spiro atoms. The first-order valence-corrected chi connectivity index (χ1v) is 8.40. The summed E-state index contributed by atoms with van der Waals surface area (Å²) in [6.45, 7) is 1.54. The molecule has 2 heterocycles. The fourth-order valence-electron chi connectivity index (χ4n) is 2.85. The number of para-hydroxylation sites is 2. The molecule has 1 unspecified atom stereocenters. The van der Waals surface area contributed by atoms with E-state index in [2.05, 4.69) is 31.3 Å². The molecule has 1 atom stereocenters. The van der Waals surface area contributed by atoms with Crippen LogP contribution >= 0.6 is 15.9 Å². The van der Waals surface area contributed by atoms with Gasteiger partial charge < -0.3 is 4.98 Å². The predicted octanol–water partition coefficient (Wildman–Crippen LogP) is 3.77. The number of imidazole rings is 1. The third-order valence-corrected chi connectivity index (χ3v) is 4.55. The molecule has 0 bridgehead atoms. The van der Waals surface area contributed by atoms with Crippen LogP contribution in [0, 0.1) is 0 Å². The summed E-state index contributed by atoms with van der Waals surface area (Å²) in [5.74, 6) is 0.676. The van der Waals surface area contributed by atoms with Gasteiger partial charge in [0.15, 0.2) is 0 Å². The Bertz CT molecular complexity index is 912. The second kappa shape index (κ2) is 5.79. The lowest BCUT2D eigenvalue weighted by Gasteiger charge is -2.22. The molecular formula is C18H15BrN4O. The number of benzene rings is 2. The minimum atomic E-state index is -0.270. The third-order valence-electron chi connectivity index (χ3n) is 4.03. The van der Waals surface area contributed by atoms with Crippen LogP contribution in [0.5, 0.6) is 0 Å². The zero-order valence-corrected chi connectivity index (χ0v) is 14.5. The van der Waals surface area contributed by atoms with Crippen LogP contribution in [-0.2, 0) is 4.79 Å². The maximum Gasteiger partial charge on any atom is 0.238 e. The van der Waals surface area contributed by atoms with E-state index in [1.807, 2.05) is 54.6 Å². The van der Waals surface area contributed by atoms with E-state index < -0.39 is 0 Å². The summed E-state index contributed by atoms with van der Waals surface area (Å²) in [4.78, 5) is 20.0. The van der Waals surface area contributed by atoms with Gasteiger partial charge in [0.25, 0.3) is 0 Å². The van der Waals surface area contributed by atoms with Crippen molar-refractivity contribution < 1.29 is 4.79 Å². The Morgan fingerprint density at radius 1 is 1.17 bits per heavy atom. The van der Waals surface area contributed by atoms with Crippen LogP contribution in [0.2, 0.25) is 0 Å². The number of aromatic nitrogens is 2. The minimum absolute atomic E-state index is 0.0659. The van der Waals surface area contributed by atoms with Crippen molar-refractivity contribution in [3.8, 4) is 0 Å². The van der Waals surface area contributed by atoms with Crippen molar-refractivity contribution in [3.63, 3.8) is 0 Å². The fourth-order valence-corrected chi connectivity index (χ4v) is 3.11. The molecule has 1 aliphatic rings. The van der Waals surface area contributed by atoms with Gasteiger partial charge in [-0.3, -0.25) is 10.2 Å². The number of hydrazine groups is 1. The van der Waals surface area contributed by atoms with Crippen molar-refractivity contribution in [2.75, 3.05) is 0 Å². The van der Waals surface area contributed by atoms with E-state index >= 15 is 0 Å². The van der Waals surface area contributed by atoms with Gasteiger partial charge in [-0.1, -0.05) is 40.2 Å². The average Bonchev–Trinajstić information content (AvgIpc) is 3.19. The Morgan fingerprint density at radius 3 is 2.62 bits per heavy atom. The molecule has 1 amide bonds. The van der Waals surface area contributed by atoms with E-state index in [0.717, 1.165) is 32.6 Å². The first-order chi connectivity index (χ1) is 11.6. The van der Waals surface area contributed by atoms with Crippen LogP contribution in [0.15, 0.2) is 59.1 Å². The van der Waals surface area contributed by atoms with Crippen LogP contribution in [0.25, 0.3) is 16.7 Å². The smallest absolute Gasteiger partial charge is 0.238 e. The number of aromatic amines is 1. The number of amides is 1. The number of hydrogen-bond donors (Lipinski definition) is 2. The average molecular weight is 383 g/mol. The van der Waals surface area contributed by atoms with Gasteiger partial charge in [0, 0.05) is 11.4 Å². The molecule has 1 aromatic heterocycles. The Labute approximate surface area is 147 Å². The van der Waals surface area contributed by atoms with E-state index in [0.29, 0.717) is 0 Å². The molecule has 1 aliphatic heterocycles. The summed E-state index contributed by atoms with van der Waals surface area (Å²) in [7, 11) is 0. The molecule has 0 saturated carbocycles. The number of fused-ring (bicyclic) bond motifs is 1. The van der Waals surface area contributed by atoms with Gasteiger partial charge in [0.05, 0.1) is 16.7 Å².